The lowest BCUT2D eigenvalue weighted by atomic mass is 10.1. The summed E-state index contributed by atoms with van der Waals surface area (Å²) in [6.45, 7) is 7.69. The summed E-state index contributed by atoms with van der Waals surface area (Å²) >= 11 is 0. The second kappa shape index (κ2) is 9.66. The van der Waals surface area contributed by atoms with E-state index in [9.17, 15) is 14.9 Å². The molecule has 160 valence electrons. The van der Waals surface area contributed by atoms with E-state index < -0.39 is 10.8 Å². The zero-order chi connectivity index (χ0) is 22.4. The zero-order valence-electron chi connectivity index (χ0n) is 17.6. The van der Waals surface area contributed by atoms with Crippen LogP contribution >= 0.6 is 0 Å². The first kappa shape index (κ1) is 21.7. The summed E-state index contributed by atoms with van der Waals surface area (Å²) in [5.74, 6) is 1.66. The van der Waals surface area contributed by atoms with Crippen molar-refractivity contribution in [2.75, 3.05) is 28.6 Å². The van der Waals surface area contributed by atoms with Crippen LogP contribution in [-0.4, -0.2) is 33.9 Å². The average molecular weight is 420 g/mol. The molecule has 0 radical (unpaired) electrons. The number of aromatic nitrogens is 2. The molecular formula is C22H24N6O3. The summed E-state index contributed by atoms with van der Waals surface area (Å²) in [6, 6.07) is 14.8. The van der Waals surface area contributed by atoms with Gasteiger partial charge in [-0.3, -0.25) is 14.9 Å². The molecule has 31 heavy (non-hydrogen) atoms. The number of nitrogens with zero attached hydrogens (tertiary/aromatic N) is 4. The highest BCUT2D eigenvalue weighted by Gasteiger charge is 2.19. The molecule has 1 amide bonds. The summed E-state index contributed by atoms with van der Waals surface area (Å²) < 4.78 is 0. The lowest BCUT2D eigenvalue weighted by Crippen LogP contribution is -2.23. The maximum Gasteiger partial charge on any atom is 0.282 e. The van der Waals surface area contributed by atoms with Crippen LogP contribution in [0.5, 0.6) is 0 Å². The maximum absolute atomic E-state index is 12.5. The maximum atomic E-state index is 12.5. The number of rotatable bonds is 8. The predicted octanol–water partition coefficient (Wildman–Crippen LogP) is 4.54. The fourth-order valence-electron chi connectivity index (χ4n) is 3.13. The molecule has 0 saturated carbocycles. The number of hydrogen-bond donors (Lipinski definition) is 2. The molecule has 1 heterocycles. The normalized spacial score (nSPS) is 10.4. The molecule has 0 fully saturated rings. The SMILES string of the molecule is CCN(CC)c1cc(Nc2ccc(NC(=O)c3ccccc3[N+](=O)[O-])cc2)nc(C)n1. The van der Waals surface area contributed by atoms with Gasteiger partial charge in [0.05, 0.1) is 4.92 Å². The average Bonchev–Trinajstić information content (AvgIpc) is 2.75. The van der Waals surface area contributed by atoms with Gasteiger partial charge < -0.3 is 15.5 Å². The molecule has 0 saturated heterocycles. The highest BCUT2D eigenvalue weighted by molar-refractivity contribution is 6.07. The fraction of sp³-hybridized carbons (Fsp3) is 0.227. The van der Waals surface area contributed by atoms with Crippen LogP contribution in [0.2, 0.25) is 0 Å². The van der Waals surface area contributed by atoms with Crippen molar-refractivity contribution in [3.63, 3.8) is 0 Å². The summed E-state index contributed by atoms with van der Waals surface area (Å²) in [4.78, 5) is 34.1. The van der Waals surface area contributed by atoms with Gasteiger partial charge in [0.2, 0.25) is 0 Å². The van der Waals surface area contributed by atoms with Crippen LogP contribution < -0.4 is 15.5 Å². The first-order chi connectivity index (χ1) is 14.9. The predicted molar refractivity (Wildman–Crippen MR) is 121 cm³/mol. The number of hydrogen-bond acceptors (Lipinski definition) is 7. The number of anilines is 4. The lowest BCUT2D eigenvalue weighted by Gasteiger charge is -2.20. The molecule has 9 nitrogen and oxygen atoms in total. The Labute approximate surface area is 180 Å². The molecular weight excluding hydrogens is 396 g/mol. The molecule has 3 aromatic rings. The van der Waals surface area contributed by atoms with Crippen LogP contribution in [0.4, 0.5) is 28.7 Å². The Hall–Kier alpha value is -4.01. The quantitative estimate of drug-likeness (QED) is 0.406. The van der Waals surface area contributed by atoms with E-state index in [0.29, 0.717) is 17.3 Å². The number of benzene rings is 2. The third-order valence-electron chi connectivity index (χ3n) is 4.67. The van der Waals surface area contributed by atoms with Gasteiger partial charge in [-0.05, 0) is 51.1 Å². The van der Waals surface area contributed by atoms with E-state index in [2.05, 4.69) is 39.3 Å². The molecule has 0 spiro atoms. The number of nitro benzene ring substituents is 1. The molecule has 9 heteroatoms. The smallest absolute Gasteiger partial charge is 0.282 e. The van der Waals surface area contributed by atoms with Crippen LogP contribution in [0, 0.1) is 17.0 Å². The van der Waals surface area contributed by atoms with Crippen molar-refractivity contribution in [2.45, 2.75) is 20.8 Å². The molecule has 3 rings (SSSR count). The van der Waals surface area contributed by atoms with Gasteiger partial charge in [0.25, 0.3) is 11.6 Å². The molecule has 2 N–H and O–H groups in total. The second-order valence-electron chi connectivity index (χ2n) is 6.76. The number of nitrogens with one attached hydrogen (secondary N) is 2. The number of carbonyl (C=O) groups excluding carboxylic acids is 1. The third-order valence-corrected chi connectivity index (χ3v) is 4.67. The van der Waals surface area contributed by atoms with Gasteiger partial charge in [0.15, 0.2) is 0 Å². The minimum Gasteiger partial charge on any atom is -0.357 e. The summed E-state index contributed by atoms with van der Waals surface area (Å²) in [6.07, 6.45) is 0. The van der Waals surface area contributed by atoms with Crippen molar-refractivity contribution in [3.8, 4) is 0 Å². The van der Waals surface area contributed by atoms with Crippen LogP contribution in [0.1, 0.15) is 30.0 Å². The topological polar surface area (TPSA) is 113 Å². The van der Waals surface area contributed by atoms with E-state index in [1.165, 1.54) is 18.2 Å². The molecule has 0 atom stereocenters. The highest BCUT2D eigenvalue weighted by atomic mass is 16.6. The fourth-order valence-corrected chi connectivity index (χ4v) is 3.13. The van der Waals surface area contributed by atoms with Gasteiger partial charge in [-0.1, -0.05) is 12.1 Å². The monoisotopic (exact) mass is 420 g/mol. The van der Waals surface area contributed by atoms with Gasteiger partial charge in [-0.15, -0.1) is 0 Å². The summed E-state index contributed by atoms with van der Waals surface area (Å²) in [5.41, 5.74) is 1.08. The van der Waals surface area contributed by atoms with Crippen LogP contribution in [0.15, 0.2) is 54.6 Å². The van der Waals surface area contributed by atoms with Gasteiger partial charge in [-0.25, -0.2) is 9.97 Å². The first-order valence-electron chi connectivity index (χ1n) is 9.93. The number of carbonyl (C=O) groups is 1. The van der Waals surface area contributed by atoms with Crippen molar-refractivity contribution < 1.29 is 9.72 Å². The van der Waals surface area contributed by atoms with E-state index >= 15 is 0 Å². The summed E-state index contributed by atoms with van der Waals surface area (Å²) in [5, 5.41) is 17.1. The Balaban J connectivity index is 1.73. The zero-order valence-corrected chi connectivity index (χ0v) is 17.6. The van der Waals surface area contributed by atoms with Crippen molar-refractivity contribution in [1.82, 2.24) is 9.97 Å². The number of para-hydroxylation sites is 1. The Morgan fingerprint density at radius 2 is 1.68 bits per heavy atom. The van der Waals surface area contributed by atoms with Gasteiger partial charge in [0, 0.05) is 36.6 Å². The number of amides is 1. The van der Waals surface area contributed by atoms with Gasteiger partial charge >= 0.3 is 0 Å². The number of nitro groups is 1. The lowest BCUT2D eigenvalue weighted by molar-refractivity contribution is -0.385. The standard InChI is InChI=1S/C22H24N6O3/c1-4-27(5-2)21-14-20(23-15(3)24-21)25-16-10-12-17(13-11-16)26-22(29)18-8-6-7-9-19(18)28(30)31/h6-14H,4-5H2,1-3H3,(H,26,29)(H,23,24,25). The Kier molecular flexibility index (Phi) is 6.76. The van der Waals surface area contributed by atoms with Crippen LogP contribution in [-0.2, 0) is 0 Å². The van der Waals surface area contributed by atoms with Crippen molar-refractivity contribution >= 4 is 34.6 Å². The molecule has 0 bridgehead atoms. The highest BCUT2D eigenvalue weighted by Crippen LogP contribution is 2.23. The van der Waals surface area contributed by atoms with Crippen LogP contribution in [0.25, 0.3) is 0 Å². The molecule has 0 unspecified atom stereocenters. The molecule has 0 aliphatic heterocycles. The molecule has 0 aliphatic carbocycles. The van der Waals surface area contributed by atoms with Crippen LogP contribution in [0.3, 0.4) is 0 Å². The van der Waals surface area contributed by atoms with Gasteiger partial charge in [0.1, 0.15) is 23.0 Å². The van der Waals surface area contributed by atoms with E-state index in [1.54, 1.807) is 30.3 Å². The molecule has 1 aromatic heterocycles. The van der Waals surface area contributed by atoms with Crippen molar-refractivity contribution in [2.24, 2.45) is 0 Å². The largest absolute Gasteiger partial charge is 0.357 e. The van der Waals surface area contributed by atoms with E-state index in [4.69, 9.17) is 0 Å². The van der Waals surface area contributed by atoms with Crippen molar-refractivity contribution in [3.05, 3.63) is 76.1 Å². The van der Waals surface area contributed by atoms with Crippen molar-refractivity contribution in [1.29, 1.82) is 0 Å². The summed E-state index contributed by atoms with van der Waals surface area (Å²) in [7, 11) is 0. The first-order valence-corrected chi connectivity index (χ1v) is 9.93. The Morgan fingerprint density at radius 1 is 1.03 bits per heavy atom. The Morgan fingerprint density at radius 3 is 2.32 bits per heavy atom. The van der Waals surface area contributed by atoms with Gasteiger partial charge in [-0.2, -0.15) is 0 Å². The Bertz CT molecular complexity index is 1080. The van der Waals surface area contributed by atoms with E-state index in [0.717, 1.165) is 24.6 Å². The van der Waals surface area contributed by atoms with E-state index in [-0.39, 0.29) is 11.3 Å². The van der Waals surface area contributed by atoms with E-state index in [1.807, 2.05) is 13.0 Å². The third kappa shape index (κ3) is 5.33. The molecule has 0 aliphatic rings. The minimum absolute atomic E-state index is 0.00935. The number of aryl methyl sites for hydroxylation is 1. The molecule has 2 aromatic carbocycles. The minimum atomic E-state index is -0.571. The second-order valence-corrected chi connectivity index (χ2v) is 6.76.